The monoisotopic (exact) mass is 260 g/mol. The molecule has 0 atom stereocenters. The molecule has 4 heteroatoms. The maximum absolute atomic E-state index is 11.1. The van der Waals surface area contributed by atoms with Crippen LogP contribution < -0.4 is 0 Å². The van der Waals surface area contributed by atoms with E-state index in [-0.39, 0.29) is 10.6 Å². The largest absolute Gasteiger partial charge is 0.377 e. The highest BCUT2D eigenvalue weighted by Crippen LogP contribution is 2.24. The van der Waals surface area contributed by atoms with Gasteiger partial charge in [-0.05, 0) is 43.5 Å². The average molecular weight is 260 g/mol. The molecule has 0 unspecified atom stereocenters. The molecule has 1 fully saturated rings. The molecule has 0 spiro atoms. The molecule has 4 nitrogen and oxygen atoms in total. The van der Waals surface area contributed by atoms with E-state index in [1.807, 2.05) is 25.3 Å². The Hall–Kier alpha value is -1.84. The minimum atomic E-state index is -0.297. The highest BCUT2D eigenvalue weighted by molar-refractivity contribution is 5.64. The number of nitro benzene ring substituents is 1. The van der Waals surface area contributed by atoms with Crippen molar-refractivity contribution in [3.8, 4) is 0 Å². The minimum Gasteiger partial charge on any atom is -0.377 e. The Morgan fingerprint density at radius 3 is 2.68 bits per heavy atom. The van der Waals surface area contributed by atoms with Gasteiger partial charge in [-0.1, -0.05) is 19.1 Å². The highest BCUT2D eigenvalue weighted by atomic mass is 16.6. The second kappa shape index (κ2) is 6.36. The summed E-state index contributed by atoms with van der Waals surface area (Å²) in [6.07, 6.45) is 8.43. The maximum atomic E-state index is 11.1. The number of nitrogens with zero attached hydrogens (tertiary/aromatic N) is 2. The van der Waals surface area contributed by atoms with Gasteiger partial charge in [-0.15, -0.1) is 0 Å². The first-order valence-electron chi connectivity index (χ1n) is 6.91. The average Bonchev–Trinajstić information content (AvgIpc) is 2.45. The van der Waals surface area contributed by atoms with Crippen molar-refractivity contribution in [1.82, 2.24) is 4.90 Å². The zero-order chi connectivity index (χ0) is 13.7. The molecule has 0 aliphatic carbocycles. The zero-order valence-electron chi connectivity index (χ0n) is 11.3. The number of hydrogen-bond acceptors (Lipinski definition) is 3. The zero-order valence-corrected chi connectivity index (χ0v) is 11.3. The fourth-order valence-electron chi connectivity index (χ4n) is 2.51. The van der Waals surface area contributed by atoms with E-state index >= 15 is 0 Å². The van der Waals surface area contributed by atoms with Crippen LogP contribution in [0, 0.1) is 10.1 Å². The molecule has 0 N–H and O–H groups in total. The number of hydrogen-bond donors (Lipinski definition) is 0. The number of rotatable bonds is 4. The summed E-state index contributed by atoms with van der Waals surface area (Å²) in [6.45, 7) is 4.13. The van der Waals surface area contributed by atoms with Crippen molar-refractivity contribution in [2.24, 2.45) is 0 Å². The van der Waals surface area contributed by atoms with Crippen LogP contribution in [0.25, 0.3) is 6.08 Å². The van der Waals surface area contributed by atoms with Crippen LogP contribution in [-0.2, 0) is 6.42 Å². The molecular weight excluding hydrogens is 240 g/mol. The van der Waals surface area contributed by atoms with Gasteiger partial charge in [-0.2, -0.15) is 0 Å². The van der Waals surface area contributed by atoms with Gasteiger partial charge in [0, 0.05) is 19.2 Å². The van der Waals surface area contributed by atoms with Gasteiger partial charge in [-0.25, -0.2) is 0 Å². The summed E-state index contributed by atoms with van der Waals surface area (Å²) in [5.74, 6) is 0. The third-order valence-corrected chi connectivity index (χ3v) is 3.59. The van der Waals surface area contributed by atoms with Crippen molar-refractivity contribution in [1.29, 1.82) is 0 Å². The van der Waals surface area contributed by atoms with E-state index in [1.54, 1.807) is 12.1 Å². The maximum Gasteiger partial charge on any atom is 0.276 e. The van der Waals surface area contributed by atoms with Gasteiger partial charge < -0.3 is 4.90 Å². The van der Waals surface area contributed by atoms with Crippen LogP contribution in [0.1, 0.15) is 37.3 Å². The van der Waals surface area contributed by atoms with E-state index in [1.165, 1.54) is 19.3 Å². The molecule has 1 heterocycles. The number of piperidine rings is 1. The molecular formula is C15H20N2O2. The van der Waals surface area contributed by atoms with Crippen LogP contribution in [0.3, 0.4) is 0 Å². The fraction of sp³-hybridized carbons (Fsp3) is 0.467. The lowest BCUT2D eigenvalue weighted by Crippen LogP contribution is -2.24. The number of likely N-dealkylation sites (tertiary alicyclic amines) is 1. The smallest absolute Gasteiger partial charge is 0.276 e. The van der Waals surface area contributed by atoms with Crippen LogP contribution in [-0.4, -0.2) is 22.9 Å². The predicted molar refractivity (Wildman–Crippen MR) is 76.9 cm³/mol. The summed E-state index contributed by atoms with van der Waals surface area (Å²) < 4.78 is 0. The molecule has 2 rings (SSSR count). The molecule has 1 aliphatic rings. The third-order valence-electron chi connectivity index (χ3n) is 3.59. The Morgan fingerprint density at radius 2 is 2.05 bits per heavy atom. The summed E-state index contributed by atoms with van der Waals surface area (Å²) in [6, 6.07) is 5.30. The highest BCUT2D eigenvalue weighted by Gasteiger charge is 2.14. The first-order valence-corrected chi connectivity index (χ1v) is 6.91. The van der Waals surface area contributed by atoms with Crippen LogP contribution in [0.5, 0.6) is 0 Å². The van der Waals surface area contributed by atoms with E-state index in [0.29, 0.717) is 0 Å². The SMILES string of the molecule is CCc1cccc([N+](=O)[O-])c1C=CN1CCCCC1. The van der Waals surface area contributed by atoms with Gasteiger partial charge in [-0.3, -0.25) is 10.1 Å². The van der Waals surface area contributed by atoms with E-state index < -0.39 is 0 Å². The fourth-order valence-corrected chi connectivity index (χ4v) is 2.51. The van der Waals surface area contributed by atoms with Gasteiger partial charge in [0.15, 0.2) is 0 Å². The molecule has 0 saturated carbocycles. The molecule has 0 aromatic heterocycles. The van der Waals surface area contributed by atoms with Crippen LogP contribution in [0.4, 0.5) is 5.69 Å². The topological polar surface area (TPSA) is 46.4 Å². The van der Waals surface area contributed by atoms with E-state index in [4.69, 9.17) is 0 Å². The molecule has 0 radical (unpaired) electrons. The lowest BCUT2D eigenvalue weighted by atomic mass is 10.0. The first-order chi connectivity index (χ1) is 9.22. The van der Waals surface area contributed by atoms with Gasteiger partial charge in [0.25, 0.3) is 5.69 Å². The van der Waals surface area contributed by atoms with E-state index in [0.717, 1.165) is 30.6 Å². The molecule has 0 amide bonds. The summed E-state index contributed by atoms with van der Waals surface area (Å²) in [5, 5.41) is 11.1. The third kappa shape index (κ3) is 3.34. The quantitative estimate of drug-likeness (QED) is 0.613. The molecule has 102 valence electrons. The summed E-state index contributed by atoms with van der Waals surface area (Å²) >= 11 is 0. The first kappa shape index (κ1) is 13.6. The molecule has 1 saturated heterocycles. The normalized spacial score (nSPS) is 15.9. The molecule has 1 aromatic rings. The molecule has 0 bridgehead atoms. The van der Waals surface area contributed by atoms with Gasteiger partial charge in [0.1, 0.15) is 0 Å². The number of nitro groups is 1. The lowest BCUT2D eigenvalue weighted by Gasteiger charge is -2.24. The van der Waals surface area contributed by atoms with Gasteiger partial charge >= 0.3 is 0 Å². The molecule has 19 heavy (non-hydrogen) atoms. The molecule has 1 aliphatic heterocycles. The van der Waals surface area contributed by atoms with Crippen LogP contribution >= 0.6 is 0 Å². The number of aryl methyl sites for hydroxylation is 1. The summed E-state index contributed by atoms with van der Waals surface area (Å²) in [4.78, 5) is 13.1. The van der Waals surface area contributed by atoms with Crippen molar-refractivity contribution < 1.29 is 4.92 Å². The summed E-state index contributed by atoms with van der Waals surface area (Å²) in [7, 11) is 0. The predicted octanol–water partition coefficient (Wildman–Crippen LogP) is 3.61. The van der Waals surface area contributed by atoms with Crippen LogP contribution in [0.15, 0.2) is 24.4 Å². The Bertz CT molecular complexity index is 477. The Labute approximate surface area is 113 Å². The van der Waals surface area contributed by atoms with Crippen LogP contribution in [0.2, 0.25) is 0 Å². The standard InChI is InChI=1S/C15H20N2O2/c1-2-13-7-6-8-15(17(18)19)14(13)9-12-16-10-4-3-5-11-16/h6-9,12H,2-5,10-11H2,1H3. The Morgan fingerprint density at radius 1 is 1.32 bits per heavy atom. The second-order valence-corrected chi connectivity index (χ2v) is 4.87. The van der Waals surface area contributed by atoms with Gasteiger partial charge in [0.2, 0.25) is 0 Å². The van der Waals surface area contributed by atoms with Crippen molar-refractivity contribution in [3.05, 3.63) is 45.6 Å². The van der Waals surface area contributed by atoms with Crippen molar-refractivity contribution in [2.45, 2.75) is 32.6 Å². The number of benzene rings is 1. The second-order valence-electron chi connectivity index (χ2n) is 4.87. The van der Waals surface area contributed by atoms with Crippen molar-refractivity contribution in [3.63, 3.8) is 0 Å². The van der Waals surface area contributed by atoms with Crippen molar-refractivity contribution in [2.75, 3.05) is 13.1 Å². The molecule has 1 aromatic carbocycles. The Kier molecular flexibility index (Phi) is 4.55. The Balaban J connectivity index is 2.26. The van der Waals surface area contributed by atoms with Crippen molar-refractivity contribution >= 4 is 11.8 Å². The van der Waals surface area contributed by atoms with E-state index in [2.05, 4.69) is 4.90 Å². The lowest BCUT2D eigenvalue weighted by molar-refractivity contribution is -0.385. The van der Waals surface area contributed by atoms with E-state index in [9.17, 15) is 10.1 Å². The summed E-state index contributed by atoms with van der Waals surface area (Å²) in [5.41, 5.74) is 1.98. The minimum absolute atomic E-state index is 0.201. The van der Waals surface area contributed by atoms with Gasteiger partial charge in [0.05, 0.1) is 10.5 Å².